The van der Waals surface area contributed by atoms with Gasteiger partial charge in [0.25, 0.3) is 0 Å². The number of fused-ring (bicyclic) bond motifs is 1. The van der Waals surface area contributed by atoms with Crippen molar-refractivity contribution < 1.29 is 9.53 Å². The number of nitrogens with one attached hydrogen (secondary N) is 1. The van der Waals surface area contributed by atoms with Crippen molar-refractivity contribution in [1.82, 2.24) is 0 Å². The molecule has 2 rings (SSSR count). The molecular weight excluding hydrogens is 202 g/mol. The summed E-state index contributed by atoms with van der Waals surface area (Å²) in [6.07, 6.45) is 0.903. The van der Waals surface area contributed by atoms with Gasteiger partial charge >= 0.3 is 0 Å². The summed E-state index contributed by atoms with van der Waals surface area (Å²) >= 11 is 5.40. The molecule has 0 unspecified atom stereocenters. The highest BCUT2D eigenvalue weighted by molar-refractivity contribution is 6.29. The van der Waals surface area contributed by atoms with E-state index in [4.69, 9.17) is 16.3 Å². The predicted molar refractivity (Wildman–Crippen MR) is 55.0 cm³/mol. The molecular formula is C10H10ClNO2. The molecule has 1 heterocycles. The fourth-order valence-corrected chi connectivity index (χ4v) is 1.56. The van der Waals surface area contributed by atoms with Gasteiger partial charge in [-0.25, -0.2) is 0 Å². The maximum Gasteiger partial charge on any atom is 0.239 e. The molecule has 1 aromatic carbocycles. The van der Waals surface area contributed by atoms with E-state index < -0.39 is 0 Å². The van der Waals surface area contributed by atoms with Crippen LogP contribution in [0, 0.1) is 0 Å². The van der Waals surface area contributed by atoms with Crippen molar-refractivity contribution in [3.8, 4) is 5.75 Å². The summed E-state index contributed by atoms with van der Waals surface area (Å²) in [6.45, 7) is 0.684. The van der Waals surface area contributed by atoms with Crippen LogP contribution in [-0.2, 0) is 11.2 Å². The average Bonchev–Trinajstić information content (AvgIpc) is 2.66. The predicted octanol–water partition coefficient (Wildman–Crippen LogP) is 1.80. The molecule has 14 heavy (non-hydrogen) atoms. The first-order chi connectivity index (χ1) is 6.81. The number of rotatable bonds is 2. The Kier molecular flexibility index (Phi) is 2.59. The van der Waals surface area contributed by atoms with Crippen LogP contribution in [0.3, 0.4) is 0 Å². The zero-order valence-corrected chi connectivity index (χ0v) is 8.30. The molecule has 3 nitrogen and oxygen atoms in total. The molecule has 0 aromatic heterocycles. The number of anilines is 1. The van der Waals surface area contributed by atoms with Gasteiger partial charge in [-0.1, -0.05) is 12.1 Å². The van der Waals surface area contributed by atoms with Crippen LogP contribution in [0.5, 0.6) is 5.75 Å². The Morgan fingerprint density at radius 2 is 2.43 bits per heavy atom. The third kappa shape index (κ3) is 1.68. The second-order valence-electron chi connectivity index (χ2n) is 3.07. The van der Waals surface area contributed by atoms with Crippen molar-refractivity contribution in [3.05, 3.63) is 23.8 Å². The van der Waals surface area contributed by atoms with Gasteiger partial charge in [0.15, 0.2) is 0 Å². The van der Waals surface area contributed by atoms with E-state index in [2.05, 4.69) is 5.32 Å². The number of carbonyl (C=O) groups is 1. The van der Waals surface area contributed by atoms with Crippen molar-refractivity contribution >= 4 is 23.2 Å². The number of amides is 1. The normalized spacial score (nSPS) is 13.2. The highest BCUT2D eigenvalue weighted by Gasteiger charge is 2.16. The quantitative estimate of drug-likeness (QED) is 0.758. The Balaban J connectivity index is 2.26. The van der Waals surface area contributed by atoms with Gasteiger partial charge in [-0.3, -0.25) is 4.79 Å². The van der Waals surface area contributed by atoms with Gasteiger partial charge < -0.3 is 10.1 Å². The largest absolute Gasteiger partial charge is 0.491 e. The lowest BCUT2D eigenvalue weighted by Gasteiger charge is -2.07. The van der Waals surface area contributed by atoms with Crippen LogP contribution in [0.25, 0.3) is 0 Å². The molecule has 74 valence electrons. The van der Waals surface area contributed by atoms with Crippen molar-refractivity contribution in [2.45, 2.75) is 6.42 Å². The third-order valence-corrected chi connectivity index (χ3v) is 2.35. The fraction of sp³-hybridized carbons (Fsp3) is 0.300. The minimum absolute atomic E-state index is 0.0380. The number of para-hydroxylation sites is 1. The summed E-state index contributed by atoms with van der Waals surface area (Å²) in [5.74, 6) is 0.533. The van der Waals surface area contributed by atoms with E-state index in [0.717, 1.165) is 17.7 Å². The lowest BCUT2D eigenvalue weighted by atomic mass is 10.1. The van der Waals surface area contributed by atoms with Gasteiger partial charge in [0.1, 0.15) is 11.6 Å². The van der Waals surface area contributed by atoms with Gasteiger partial charge in [-0.05, 0) is 11.6 Å². The topological polar surface area (TPSA) is 38.3 Å². The summed E-state index contributed by atoms with van der Waals surface area (Å²) in [7, 11) is 0. The van der Waals surface area contributed by atoms with Crippen LogP contribution < -0.4 is 10.1 Å². The molecule has 1 aliphatic heterocycles. The molecule has 0 aliphatic carbocycles. The first kappa shape index (κ1) is 9.34. The Labute approximate surface area is 87.0 Å². The second kappa shape index (κ2) is 3.88. The monoisotopic (exact) mass is 211 g/mol. The molecule has 1 amide bonds. The molecule has 0 fully saturated rings. The van der Waals surface area contributed by atoms with E-state index in [0.29, 0.717) is 12.3 Å². The van der Waals surface area contributed by atoms with Crippen molar-refractivity contribution in [3.63, 3.8) is 0 Å². The van der Waals surface area contributed by atoms with E-state index in [9.17, 15) is 4.79 Å². The minimum atomic E-state index is -0.212. The molecule has 0 saturated carbocycles. The van der Waals surface area contributed by atoms with Crippen molar-refractivity contribution in [1.29, 1.82) is 0 Å². The number of carbonyl (C=O) groups excluding carboxylic acids is 1. The molecule has 0 bridgehead atoms. The van der Waals surface area contributed by atoms with E-state index in [1.807, 2.05) is 18.2 Å². The van der Waals surface area contributed by atoms with Crippen molar-refractivity contribution in [2.75, 3.05) is 17.8 Å². The molecule has 0 radical (unpaired) electrons. The summed E-state index contributed by atoms with van der Waals surface area (Å²) in [4.78, 5) is 11.1. The summed E-state index contributed by atoms with van der Waals surface area (Å²) < 4.78 is 5.42. The number of hydrogen-bond acceptors (Lipinski definition) is 2. The average molecular weight is 212 g/mol. The van der Waals surface area contributed by atoms with Crippen LogP contribution >= 0.6 is 11.6 Å². The lowest BCUT2D eigenvalue weighted by Crippen LogP contribution is -2.13. The molecule has 1 aliphatic rings. The van der Waals surface area contributed by atoms with Crippen LogP contribution in [0.15, 0.2) is 18.2 Å². The molecule has 0 atom stereocenters. The maximum absolute atomic E-state index is 11.1. The number of hydrogen-bond donors (Lipinski definition) is 1. The van der Waals surface area contributed by atoms with Gasteiger partial charge in [0, 0.05) is 6.42 Å². The SMILES string of the molecule is O=C(CCl)Nc1cccc2c1OCC2. The smallest absolute Gasteiger partial charge is 0.239 e. The highest BCUT2D eigenvalue weighted by atomic mass is 35.5. The first-order valence-corrected chi connectivity index (χ1v) is 4.95. The Morgan fingerprint density at radius 1 is 1.57 bits per heavy atom. The van der Waals surface area contributed by atoms with E-state index in [1.165, 1.54) is 0 Å². The second-order valence-corrected chi connectivity index (χ2v) is 3.34. The third-order valence-electron chi connectivity index (χ3n) is 2.11. The highest BCUT2D eigenvalue weighted by Crippen LogP contribution is 2.33. The summed E-state index contributed by atoms with van der Waals surface area (Å²) in [5.41, 5.74) is 1.85. The molecule has 4 heteroatoms. The van der Waals surface area contributed by atoms with Crippen LogP contribution in [0.4, 0.5) is 5.69 Å². The molecule has 1 aromatic rings. The molecule has 0 saturated heterocycles. The number of alkyl halides is 1. The Bertz CT molecular complexity index is 365. The van der Waals surface area contributed by atoms with Crippen LogP contribution in [0.1, 0.15) is 5.56 Å². The zero-order valence-electron chi connectivity index (χ0n) is 7.55. The Morgan fingerprint density at radius 3 is 3.21 bits per heavy atom. The van der Waals surface area contributed by atoms with E-state index in [1.54, 1.807) is 0 Å². The zero-order chi connectivity index (χ0) is 9.97. The van der Waals surface area contributed by atoms with Crippen LogP contribution in [-0.4, -0.2) is 18.4 Å². The van der Waals surface area contributed by atoms with Gasteiger partial charge in [-0.2, -0.15) is 0 Å². The molecule has 0 spiro atoms. The number of benzene rings is 1. The van der Waals surface area contributed by atoms with Crippen molar-refractivity contribution in [2.24, 2.45) is 0 Å². The number of halogens is 1. The van der Waals surface area contributed by atoms with E-state index >= 15 is 0 Å². The Hall–Kier alpha value is -1.22. The van der Waals surface area contributed by atoms with Gasteiger partial charge in [0.05, 0.1) is 12.3 Å². The maximum atomic E-state index is 11.1. The first-order valence-electron chi connectivity index (χ1n) is 4.42. The lowest BCUT2D eigenvalue weighted by molar-refractivity contribution is -0.113. The van der Waals surface area contributed by atoms with Crippen LogP contribution in [0.2, 0.25) is 0 Å². The summed E-state index contributed by atoms with van der Waals surface area (Å²) in [6, 6.07) is 5.71. The van der Waals surface area contributed by atoms with Gasteiger partial charge in [-0.15, -0.1) is 11.6 Å². The fourth-order valence-electron chi connectivity index (χ4n) is 1.50. The standard InChI is InChI=1S/C10H10ClNO2/c11-6-9(13)12-8-3-1-2-7-4-5-14-10(7)8/h1-3H,4-6H2,(H,12,13). The summed E-state index contributed by atoms with van der Waals surface area (Å²) in [5, 5.41) is 2.70. The van der Waals surface area contributed by atoms with E-state index in [-0.39, 0.29) is 11.8 Å². The van der Waals surface area contributed by atoms with Gasteiger partial charge in [0.2, 0.25) is 5.91 Å². The molecule has 1 N–H and O–H groups in total. The number of ether oxygens (including phenoxy) is 1. The minimum Gasteiger partial charge on any atom is -0.491 e.